The van der Waals surface area contributed by atoms with Crippen molar-refractivity contribution in [2.45, 2.75) is 32.2 Å². The molecule has 0 bridgehead atoms. The Bertz CT molecular complexity index is 221. The van der Waals surface area contributed by atoms with Crippen molar-refractivity contribution >= 4 is 5.91 Å². The van der Waals surface area contributed by atoms with Gasteiger partial charge in [-0.1, -0.05) is 12.3 Å². The molecule has 3 heteroatoms. The first kappa shape index (κ1) is 10.1. The maximum absolute atomic E-state index is 11.4. The first-order valence-corrected chi connectivity index (χ1v) is 4.75. The van der Waals surface area contributed by atoms with Crippen LogP contribution in [-0.4, -0.2) is 25.0 Å². The molecule has 0 aromatic carbocycles. The second-order valence-electron chi connectivity index (χ2n) is 3.15. The molecular weight excluding hydrogens is 164 g/mol. The summed E-state index contributed by atoms with van der Waals surface area (Å²) < 4.78 is 0. The largest absolute Gasteiger partial charge is 0.344 e. The molecule has 1 rings (SSSR count). The monoisotopic (exact) mass is 180 g/mol. The van der Waals surface area contributed by atoms with Crippen LogP contribution in [0, 0.1) is 11.8 Å². The SMILES string of the molecule is CC#CCNC(=O)C1CCCCN1. The van der Waals surface area contributed by atoms with Crippen molar-refractivity contribution in [3.8, 4) is 11.8 Å². The van der Waals surface area contributed by atoms with Crippen molar-refractivity contribution in [3.63, 3.8) is 0 Å². The van der Waals surface area contributed by atoms with E-state index in [1.807, 2.05) is 0 Å². The molecule has 0 spiro atoms. The standard InChI is InChI=1S/C10H16N2O/c1-2-3-7-12-10(13)9-6-4-5-8-11-9/h9,11H,4-8H2,1H3,(H,12,13). The van der Waals surface area contributed by atoms with Crippen LogP contribution in [0.1, 0.15) is 26.2 Å². The minimum atomic E-state index is 0.00686. The van der Waals surface area contributed by atoms with Crippen molar-refractivity contribution < 1.29 is 4.79 Å². The lowest BCUT2D eigenvalue weighted by atomic mass is 10.0. The van der Waals surface area contributed by atoms with Gasteiger partial charge in [0.2, 0.25) is 5.91 Å². The minimum absolute atomic E-state index is 0.00686. The summed E-state index contributed by atoms with van der Waals surface area (Å²) in [6.45, 7) is 3.19. The Kier molecular flexibility index (Phi) is 4.34. The Morgan fingerprint density at radius 2 is 2.46 bits per heavy atom. The van der Waals surface area contributed by atoms with Gasteiger partial charge < -0.3 is 10.6 Å². The third kappa shape index (κ3) is 3.47. The van der Waals surface area contributed by atoms with Gasteiger partial charge in [-0.15, -0.1) is 5.92 Å². The number of rotatable bonds is 2. The Morgan fingerprint density at radius 1 is 1.62 bits per heavy atom. The lowest BCUT2D eigenvalue weighted by molar-refractivity contribution is -0.123. The van der Waals surface area contributed by atoms with Gasteiger partial charge in [0, 0.05) is 0 Å². The summed E-state index contributed by atoms with van der Waals surface area (Å²) >= 11 is 0. The first-order chi connectivity index (χ1) is 6.34. The summed E-state index contributed by atoms with van der Waals surface area (Å²) in [5.74, 6) is 5.63. The molecule has 2 N–H and O–H groups in total. The zero-order valence-electron chi connectivity index (χ0n) is 8.02. The zero-order valence-corrected chi connectivity index (χ0v) is 8.02. The van der Waals surface area contributed by atoms with Crippen LogP contribution in [0.25, 0.3) is 0 Å². The molecule has 13 heavy (non-hydrogen) atoms. The van der Waals surface area contributed by atoms with E-state index < -0.39 is 0 Å². The predicted octanol–water partition coefficient (Wildman–Crippen LogP) is 0.268. The van der Waals surface area contributed by atoms with Gasteiger partial charge in [0.15, 0.2) is 0 Å². The quantitative estimate of drug-likeness (QED) is 0.599. The summed E-state index contributed by atoms with van der Waals surface area (Å²) in [7, 11) is 0. The van der Waals surface area contributed by atoms with Crippen molar-refractivity contribution in [2.24, 2.45) is 0 Å². The molecule has 0 aromatic rings. The lowest BCUT2D eigenvalue weighted by Gasteiger charge is -2.21. The molecule has 3 nitrogen and oxygen atoms in total. The van der Waals surface area contributed by atoms with Gasteiger partial charge in [-0.3, -0.25) is 4.79 Å². The van der Waals surface area contributed by atoms with Gasteiger partial charge in [0.1, 0.15) is 0 Å². The molecule has 1 atom stereocenters. The topological polar surface area (TPSA) is 41.1 Å². The third-order valence-corrected chi connectivity index (χ3v) is 2.15. The number of carbonyl (C=O) groups excluding carboxylic acids is 1. The maximum atomic E-state index is 11.4. The molecule has 1 fully saturated rings. The smallest absolute Gasteiger partial charge is 0.237 e. The molecule has 1 saturated heterocycles. The number of nitrogens with one attached hydrogen (secondary N) is 2. The molecule has 1 aliphatic heterocycles. The van der Waals surface area contributed by atoms with Crippen LogP contribution >= 0.6 is 0 Å². The molecule has 0 radical (unpaired) electrons. The van der Waals surface area contributed by atoms with Crippen molar-refractivity contribution in [1.29, 1.82) is 0 Å². The van der Waals surface area contributed by atoms with Gasteiger partial charge in [-0.2, -0.15) is 0 Å². The number of hydrogen-bond donors (Lipinski definition) is 2. The van der Waals surface area contributed by atoms with Gasteiger partial charge in [-0.25, -0.2) is 0 Å². The van der Waals surface area contributed by atoms with Crippen LogP contribution < -0.4 is 10.6 Å². The Morgan fingerprint density at radius 3 is 3.08 bits per heavy atom. The Balaban J connectivity index is 2.23. The number of piperidine rings is 1. The van der Waals surface area contributed by atoms with Crippen LogP contribution in [0.3, 0.4) is 0 Å². The number of amides is 1. The van der Waals surface area contributed by atoms with Gasteiger partial charge in [0.25, 0.3) is 0 Å². The fourth-order valence-electron chi connectivity index (χ4n) is 1.42. The van der Waals surface area contributed by atoms with Crippen LogP contribution in [0.5, 0.6) is 0 Å². The normalized spacial score (nSPS) is 21.5. The van der Waals surface area contributed by atoms with Gasteiger partial charge >= 0.3 is 0 Å². The molecule has 0 aliphatic carbocycles. The number of carbonyl (C=O) groups is 1. The highest BCUT2D eigenvalue weighted by Gasteiger charge is 2.19. The van der Waals surface area contributed by atoms with E-state index in [0.717, 1.165) is 19.4 Å². The second-order valence-corrected chi connectivity index (χ2v) is 3.15. The van der Waals surface area contributed by atoms with E-state index in [2.05, 4.69) is 22.5 Å². The summed E-state index contributed by atoms with van der Waals surface area (Å²) in [6, 6.07) is 0.00686. The highest BCUT2D eigenvalue weighted by molar-refractivity contribution is 5.82. The molecule has 0 aromatic heterocycles. The average Bonchev–Trinajstić information content (AvgIpc) is 2.19. The lowest BCUT2D eigenvalue weighted by Crippen LogP contribution is -2.46. The van der Waals surface area contributed by atoms with Crippen molar-refractivity contribution in [2.75, 3.05) is 13.1 Å². The first-order valence-electron chi connectivity index (χ1n) is 4.75. The molecule has 1 amide bonds. The average molecular weight is 180 g/mol. The molecular formula is C10H16N2O. The van der Waals surface area contributed by atoms with E-state index in [-0.39, 0.29) is 11.9 Å². The van der Waals surface area contributed by atoms with Crippen LogP contribution in [0.2, 0.25) is 0 Å². The molecule has 72 valence electrons. The van der Waals surface area contributed by atoms with E-state index in [1.54, 1.807) is 6.92 Å². The third-order valence-electron chi connectivity index (χ3n) is 2.15. The molecule has 1 heterocycles. The van der Waals surface area contributed by atoms with E-state index in [0.29, 0.717) is 6.54 Å². The maximum Gasteiger partial charge on any atom is 0.237 e. The summed E-state index contributed by atoms with van der Waals surface area (Å²) in [6.07, 6.45) is 3.27. The molecule has 0 saturated carbocycles. The number of hydrogen-bond acceptors (Lipinski definition) is 2. The van der Waals surface area contributed by atoms with Gasteiger partial charge in [-0.05, 0) is 26.3 Å². The summed E-state index contributed by atoms with van der Waals surface area (Å²) in [4.78, 5) is 11.4. The zero-order chi connectivity index (χ0) is 9.52. The van der Waals surface area contributed by atoms with Crippen LogP contribution in [0.15, 0.2) is 0 Å². The fourth-order valence-corrected chi connectivity index (χ4v) is 1.42. The minimum Gasteiger partial charge on any atom is -0.344 e. The second kappa shape index (κ2) is 5.60. The van der Waals surface area contributed by atoms with E-state index in [4.69, 9.17) is 0 Å². The highest BCUT2D eigenvalue weighted by Crippen LogP contribution is 2.06. The predicted molar refractivity (Wildman–Crippen MR) is 52.1 cm³/mol. The van der Waals surface area contributed by atoms with Crippen LogP contribution in [-0.2, 0) is 4.79 Å². The van der Waals surface area contributed by atoms with Crippen LogP contribution in [0.4, 0.5) is 0 Å². The highest BCUT2D eigenvalue weighted by atomic mass is 16.2. The summed E-state index contributed by atoms with van der Waals surface area (Å²) in [5, 5.41) is 5.96. The van der Waals surface area contributed by atoms with E-state index in [1.165, 1.54) is 6.42 Å². The molecule has 1 unspecified atom stereocenters. The fraction of sp³-hybridized carbons (Fsp3) is 0.700. The summed E-state index contributed by atoms with van der Waals surface area (Å²) in [5.41, 5.74) is 0. The molecule has 1 aliphatic rings. The Labute approximate surface area is 79.3 Å². The Hall–Kier alpha value is -1.01. The van der Waals surface area contributed by atoms with E-state index >= 15 is 0 Å². The van der Waals surface area contributed by atoms with Gasteiger partial charge in [0.05, 0.1) is 12.6 Å². The van der Waals surface area contributed by atoms with Crippen molar-refractivity contribution in [3.05, 3.63) is 0 Å². The van der Waals surface area contributed by atoms with Crippen molar-refractivity contribution in [1.82, 2.24) is 10.6 Å². The van der Waals surface area contributed by atoms with E-state index in [9.17, 15) is 4.79 Å².